The van der Waals surface area contributed by atoms with E-state index in [1.54, 1.807) is 19.2 Å². The number of methoxy groups -OCH3 is 1. The summed E-state index contributed by atoms with van der Waals surface area (Å²) in [4.78, 5) is 12.1. The molecular weight excluding hydrogens is 186 g/mol. The minimum absolute atomic E-state index is 0.0184. The maximum absolute atomic E-state index is 11.4. The molecule has 4 heteroatoms. The van der Waals surface area contributed by atoms with Crippen LogP contribution in [0.1, 0.15) is 23.0 Å². The van der Waals surface area contributed by atoms with Gasteiger partial charge in [0.25, 0.3) is 5.91 Å². The Hall–Kier alpha value is -1.03. The Bertz CT molecular complexity index is 283. The predicted molar refractivity (Wildman–Crippen MR) is 53.5 cm³/mol. The van der Waals surface area contributed by atoms with Gasteiger partial charge in [0.15, 0.2) is 5.06 Å². The van der Waals surface area contributed by atoms with E-state index in [0.29, 0.717) is 4.88 Å². The van der Waals surface area contributed by atoms with Crippen molar-refractivity contribution in [3.8, 4) is 5.06 Å². The van der Waals surface area contributed by atoms with Gasteiger partial charge in [0.05, 0.1) is 12.0 Å². The molecule has 1 amide bonds. The van der Waals surface area contributed by atoms with Gasteiger partial charge in [0, 0.05) is 6.54 Å². The van der Waals surface area contributed by atoms with Crippen LogP contribution in [0.3, 0.4) is 0 Å². The standard InChI is InChI=1S/C9H13NO2S/c1-3-6-10-9(11)7-4-5-8(12-2)13-7/h4-5H,3,6H2,1-2H3,(H,10,11). The van der Waals surface area contributed by atoms with Crippen LogP contribution in [0, 0.1) is 0 Å². The van der Waals surface area contributed by atoms with Crippen LogP contribution in [0.2, 0.25) is 0 Å². The molecule has 0 aliphatic rings. The highest BCUT2D eigenvalue weighted by Gasteiger charge is 2.07. The molecule has 0 spiro atoms. The van der Waals surface area contributed by atoms with Crippen molar-refractivity contribution < 1.29 is 9.53 Å². The van der Waals surface area contributed by atoms with Crippen LogP contribution < -0.4 is 10.1 Å². The SMILES string of the molecule is CCCNC(=O)c1ccc(OC)s1. The van der Waals surface area contributed by atoms with Gasteiger partial charge in [-0.15, -0.1) is 0 Å². The fourth-order valence-electron chi connectivity index (χ4n) is 0.878. The number of amides is 1. The quantitative estimate of drug-likeness (QED) is 0.804. The zero-order valence-corrected chi connectivity index (χ0v) is 8.61. The largest absolute Gasteiger partial charge is 0.487 e. The van der Waals surface area contributed by atoms with Crippen LogP contribution in [-0.4, -0.2) is 19.6 Å². The summed E-state index contributed by atoms with van der Waals surface area (Å²) in [6, 6.07) is 3.57. The van der Waals surface area contributed by atoms with Crippen molar-refractivity contribution in [2.45, 2.75) is 13.3 Å². The molecule has 0 aliphatic heterocycles. The first kappa shape index (κ1) is 10.1. The van der Waals surface area contributed by atoms with E-state index in [2.05, 4.69) is 5.32 Å². The van der Waals surface area contributed by atoms with Crippen molar-refractivity contribution in [2.75, 3.05) is 13.7 Å². The number of carbonyl (C=O) groups is 1. The third-order valence-corrected chi connectivity index (χ3v) is 2.59. The van der Waals surface area contributed by atoms with Crippen molar-refractivity contribution >= 4 is 17.2 Å². The normalized spacial score (nSPS) is 9.69. The highest BCUT2D eigenvalue weighted by molar-refractivity contribution is 7.15. The van der Waals surface area contributed by atoms with E-state index >= 15 is 0 Å². The second-order valence-electron chi connectivity index (χ2n) is 2.58. The number of thiophene rings is 1. The van der Waals surface area contributed by atoms with Crippen LogP contribution in [0.25, 0.3) is 0 Å². The molecular formula is C9H13NO2S. The second kappa shape index (κ2) is 4.87. The number of rotatable bonds is 4. The fourth-order valence-corrected chi connectivity index (χ4v) is 1.61. The molecule has 0 atom stereocenters. The van der Waals surface area contributed by atoms with E-state index < -0.39 is 0 Å². The lowest BCUT2D eigenvalue weighted by Gasteiger charge is -1.99. The number of carbonyl (C=O) groups excluding carboxylic acids is 1. The summed E-state index contributed by atoms with van der Waals surface area (Å²) >= 11 is 1.36. The molecule has 0 bridgehead atoms. The zero-order chi connectivity index (χ0) is 9.68. The average molecular weight is 199 g/mol. The molecule has 1 heterocycles. The molecule has 72 valence electrons. The minimum atomic E-state index is -0.0184. The Balaban J connectivity index is 2.55. The van der Waals surface area contributed by atoms with Crippen LogP contribution in [0.5, 0.6) is 5.06 Å². The van der Waals surface area contributed by atoms with Crippen molar-refractivity contribution in [2.24, 2.45) is 0 Å². The summed E-state index contributed by atoms with van der Waals surface area (Å²) in [6.45, 7) is 2.74. The summed E-state index contributed by atoms with van der Waals surface area (Å²) in [7, 11) is 1.60. The zero-order valence-electron chi connectivity index (χ0n) is 7.79. The number of nitrogens with one attached hydrogen (secondary N) is 1. The van der Waals surface area contributed by atoms with Gasteiger partial charge in [-0.05, 0) is 18.6 Å². The van der Waals surface area contributed by atoms with Crippen LogP contribution >= 0.6 is 11.3 Å². The van der Waals surface area contributed by atoms with E-state index in [9.17, 15) is 4.79 Å². The van der Waals surface area contributed by atoms with Gasteiger partial charge in [-0.2, -0.15) is 0 Å². The smallest absolute Gasteiger partial charge is 0.261 e. The molecule has 0 saturated heterocycles. The van der Waals surface area contributed by atoms with Crippen molar-refractivity contribution in [1.82, 2.24) is 5.32 Å². The third-order valence-electron chi connectivity index (χ3n) is 1.54. The third kappa shape index (κ3) is 2.73. The summed E-state index contributed by atoms with van der Waals surface area (Å²) in [5, 5.41) is 3.57. The molecule has 0 saturated carbocycles. The fraction of sp³-hybridized carbons (Fsp3) is 0.444. The number of ether oxygens (including phenoxy) is 1. The van der Waals surface area contributed by atoms with E-state index in [-0.39, 0.29) is 5.91 Å². The lowest BCUT2D eigenvalue weighted by molar-refractivity contribution is 0.0957. The van der Waals surface area contributed by atoms with Crippen LogP contribution in [0.15, 0.2) is 12.1 Å². The Kier molecular flexibility index (Phi) is 3.76. The maximum atomic E-state index is 11.4. The summed E-state index contributed by atoms with van der Waals surface area (Å²) in [5.41, 5.74) is 0. The summed E-state index contributed by atoms with van der Waals surface area (Å²) < 4.78 is 4.99. The Morgan fingerprint density at radius 1 is 1.62 bits per heavy atom. The van der Waals surface area contributed by atoms with Crippen molar-refractivity contribution in [3.63, 3.8) is 0 Å². The van der Waals surface area contributed by atoms with E-state index in [1.807, 2.05) is 6.92 Å². The van der Waals surface area contributed by atoms with Crippen LogP contribution in [-0.2, 0) is 0 Å². The molecule has 1 aromatic rings. The predicted octanol–water partition coefficient (Wildman–Crippen LogP) is 1.90. The van der Waals surface area contributed by atoms with Gasteiger partial charge >= 0.3 is 0 Å². The molecule has 1 N–H and O–H groups in total. The molecule has 0 unspecified atom stereocenters. The topological polar surface area (TPSA) is 38.3 Å². The van der Waals surface area contributed by atoms with E-state index in [0.717, 1.165) is 18.0 Å². The summed E-state index contributed by atoms with van der Waals surface area (Å²) in [5.74, 6) is -0.0184. The lowest BCUT2D eigenvalue weighted by Crippen LogP contribution is -2.22. The van der Waals surface area contributed by atoms with Gasteiger partial charge in [-0.3, -0.25) is 4.79 Å². The van der Waals surface area contributed by atoms with E-state index in [4.69, 9.17) is 4.74 Å². The first-order valence-corrected chi connectivity index (χ1v) is 5.01. The summed E-state index contributed by atoms with van der Waals surface area (Å²) in [6.07, 6.45) is 0.953. The average Bonchev–Trinajstić information content (AvgIpc) is 2.62. The minimum Gasteiger partial charge on any atom is -0.487 e. The Morgan fingerprint density at radius 3 is 2.92 bits per heavy atom. The second-order valence-corrected chi connectivity index (χ2v) is 3.63. The van der Waals surface area contributed by atoms with Gasteiger partial charge in [-0.25, -0.2) is 0 Å². The van der Waals surface area contributed by atoms with Crippen molar-refractivity contribution in [3.05, 3.63) is 17.0 Å². The van der Waals surface area contributed by atoms with Crippen LogP contribution in [0.4, 0.5) is 0 Å². The van der Waals surface area contributed by atoms with Gasteiger partial charge in [-0.1, -0.05) is 18.3 Å². The first-order chi connectivity index (χ1) is 6.27. The van der Waals surface area contributed by atoms with Gasteiger partial charge in [0.2, 0.25) is 0 Å². The van der Waals surface area contributed by atoms with Gasteiger partial charge < -0.3 is 10.1 Å². The Morgan fingerprint density at radius 2 is 2.38 bits per heavy atom. The first-order valence-electron chi connectivity index (χ1n) is 4.20. The van der Waals surface area contributed by atoms with Gasteiger partial charge in [0.1, 0.15) is 0 Å². The molecule has 1 aromatic heterocycles. The number of hydrogen-bond acceptors (Lipinski definition) is 3. The van der Waals surface area contributed by atoms with E-state index in [1.165, 1.54) is 11.3 Å². The molecule has 0 aliphatic carbocycles. The monoisotopic (exact) mass is 199 g/mol. The Labute approximate surface area is 81.7 Å². The molecule has 0 fully saturated rings. The number of hydrogen-bond donors (Lipinski definition) is 1. The molecule has 3 nitrogen and oxygen atoms in total. The molecule has 0 aromatic carbocycles. The lowest BCUT2D eigenvalue weighted by atomic mass is 10.4. The molecule has 13 heavy (non-hydrogen) atoms. The molecule has 0 radical (unpaired) electrons. The maximum Gasteiger partial charge on any atom is 0.261 e. The molecule has 1 rings (SSSR count). The van der Waals surface area contributed by atoms with Crippen molar-refractivity contribution in [1.29, 1.82) is 0 Å². The highest BCUT2D eigenvalue weighted by Crippen LogP contribution is 2.23. The highest BCUT2D eigenvalue weighted by atomic mass is 32.1.